The van der Waals surface area contributed by atoms with Gasteiger partial charge in [0.1, 0.15) is 0 Å². The van der Waals surface area contributed by atoms with E-state index in [1.807, 2.05) is 32.0 Å². The zero-order valence-electron chi connectivity index (χ0n) is 21.3. The average Bonchev–Trinajstić information content (AvgIpc) is 2.85. The van der Waals surface area contributed by atoms with Gasteiger partial charge in [-0.3, -0.25) is 0 Å². The number of aromatic nitrogens is 1. The van der Waals surface area contributed by atoms with Gasteiger partial charge in [0.25, 0.3) is 0 Å². The highest BCUT2D eigenvalue weighted by atomic mass is 35.5. The largest absolute Gasteiger partial charge is 0.416 e. The third-order valence-electron chi connectivity index (χ3n) is 6.17. The molecule has 0 saturated carbocycles. The number of nitrogens with zero attached hydrogens (tertiary/aromatic N) is 3. The fraction of sp³-hybridized carbons (Fsp3) is 0.345. The van der Waals surface area contributed by atoms with Crippen LogP contribution in [0.4, 0.5) is 13.2 Å². The SMILES string of the molecule is C=C(C)N1CCN(C(=C)c2ccc3c(Cl)c(C)c(-c4ccc(C(F)(F)F)cc4)nc3c2)CC1.CCC. The number of alkyl halides is 3. The number of piperazine rings is 1. The number of hydrogen-bond acceptors (Lipinski definition) is 3. The van der Waals surface area contributed by atoms with E-state index < -0.39 is 11.7 Å². The molecular formula is C29H33ClF3N3. The van der Waals surface area contributed by atoms with E-state index in [0.717, 1.165) is 66.2 Å². The third kappa shape index (κ3) is 6.04. The van der Waals surface area contributed by atoms with E-state index in [2.05, 4.69) is 36.8 Å². The first kappa shape index (κ1) is 27.6. The van der Waals surface area contributed by atoms with Gasteiger partial charge in [0.15, 0.2) is 0 Å². The summed E-state index contributed by atoms with van der Waals surface area (Å²) in [4.78, 5) is 9.27. The minimum absolute atomic E-state index is 0.544. The molecule has 2 heterocycles. The Morgan fingerprint density at radius 1 is 0.972 bits per heavy atom. The van der Waals surface area contributed by atoms with Gasteiger partial charge in [-0.05, 0) is 43.2 Å². The van der Waals surface area contributed by atoms with Crippen LogP contribution >= 0.6 is 11.6 Å². The van der Waals surface area contributed by atoms with E-state index >= 15 is 0 Å². The molecule has 0 aliphatic carbocycles. The molecule has 0 spiro atoms. The predicted molar refractivity (Wildman–Crippen MR) is 145 cm³/mol. The second-order valence-electron chi connectivity index (χ2n) is 9.07. The molecule has 192 valence electrons. The Morgan fingerprint density at radius 3 is 2.06 bits per heavy atom. The van der Waals surface area contributed by atoms with E-state index in [9.17, 15) is 13.2 Å². The molecule has 3 nitrogen and oxygen atoms in total. The maximum Gasteiger partial charge on any atom is 0.416 e. The molecule has 3 aromatic rings. The fourth-order valence-corrected chi connectivity index (χ4v) is 4.39. The smallest absolute Gasteiger partial charge is 0.372 e. The molecule has 1 fully saturated rings. The van der Waals surface area contributed by atoms with E-state index in [1.54, 1.807) is 0 Å². The fourth-order valence-electron chi connectivity index (χ4n) is 4.14. The maximum atomic E-state index is 13.0. The number of pyridine rings is 1. The van der Waals surface area contributed by atoms with E-state index in [0.29, 0.717) is 21.8 Å². The van der Waals surface area contributed by atoms with Gasteiger partial charge in [0.2, 0.25) is 0 Å². The number of allylic oxidation sites excluding steroid dienone is 1. The quantitative estimate of drug-likeness (QED) is 0.347. The van der Waals surface area contributed by atoms with Gasteiger partial charge in [-0.15, -0.1) is 0 Å². The van der Waals surface area contributed by atoms with Crippen LogP contribution in [0.15, 0.2) is 61.3 Å². The van der Waals surface area contributed by atoms with Crippen molar-refractivity contribution in [2.75, 3.05) is 26.2 Å². The molecule has 1 aliphatic heterocycles. The molecule has 0 radical (unpaired) electrons. The van der Waals surface area contributed by atoms with Crippen LogP contribution in [0, 0.1) is 6.92 Å². The van der Waals surface area contributed by atoms with Crippen molar-refractivity contribution in [1.82, 2.24) is 14.8 Å². The molecule has 2 aromatic carbocycles. The topological polar surface area (TPSA) is 19.4 Å². The standard InChI is InChI=1S/C26H25ClF3N3.C3H8/c1-16(2)32-11-13-33(14-12-32)18(4)20-7-10-22-23(15-20)31-25(17(3)24(22)27)19-5-8-21(9-6-19)26(28,29)30;1-3-2/h5-10,15H,1,4,11-14H2,2-3H3;3H2,1-2H3. The second kappa shape index (κ2) is 11.4. The van der Waals surface area contributed by atoms with Gasteiger partial charge < -0.3 is 9.80 Å². The van der Waals surface area contributed by atoms with Crippen LogP contribution in [-0.2, 0) is 6.18 Å². The highest BCUT2D eigenvalue weighted by Crippen LogP contribution is 2.36. The molecule has 0 atom stereocenters. The van der Waals surface area contributed by atoms with Crippen molar-refractivity contribution < 1.29 is 13.2 Å². The van der Waals surface area contributed by atoms with Crippen molar-refractivity contribution in [2.45, 2.75) is 40.3 Å². The lowest BCUT2D eigenvalue weighted by molar-refractivity contribution is -0.137. The Hall–Kier alpha value is -2.99. The van der Waals surface area contributed by atoms with Crippen LogP contribution in [0.2, 0.25) is 5.02 Å². The second-order valence-corrected chi connectivity index (χ2v) is 9.45. The van der Waals surface area contributed by atoms with Crippen LogP contribution in [0.1, 0.15) is 43.9 Å². The summed E-state index contributed by atoms with van der Waals surface area (Å²) >= 11 is 6.64. The summed E-state index contributed by atoms with van der Waals surface area (Å²) in [6.45, 7) is 19.9. The number of benzene rings is 2. The van der Waals surface area contributed by atoms with Crippen molar-refractivity contribution in [3.63, 3.8) is 0 Å². The van der Waals surface area contributed by atoms with Crippen LogP contribution in [0.3, 0.4) is 0 Å². The Bertz CT molecular complexity index is 1240. The number of rotatable bonds is 4. The molecule has 36 heavy (non-hydrogen) atoms. The summed E-state index contributed by atoms with van der Waals surface area (Å²) in [5.74, 6) is 0. The van der Waals surface area contributed by atoms with Gasteiger partial charge in [-0.1, -0.05) is 69.3 Å². The van der Waals surface area contributed by atoms with Gasteiger partial charge in [0, 0.05) is 48.5 Å². The Kier molecular flexibility index (Phi) is 8.72. The molecule has 0 unspecified atom stereocenters. The van der Waals surface area contributed by atoms with Crippen molar-refractivity contribution in [2.24, 2.45) is 0 Å². The summed E-state index contributed by atoms with van der Waals surface area (Å²) < 4.78 is 38.9. The van der Waals surface area contributed by atoms with Crippen LogP contribution in [0.25, 0.3) is 27.9 Å². The first-order chi connectivity index (χ1) is 17.0. The van der Waals surface area contributed by atoms with Crippen molar-refractivity contribution in [3.8, 4) is 11.3 Å². The first-order valence-electron chi connectivity index (χ1n) is 12.1. The van der Waals surface area contributed by atoms with Gasteiger partial charge in [-0.25, -0.2) is 4.98 Å². The average molecular weight is 516 g/mol. The molecule has 1 aromatic heterocycles. The highest BCUT2D eigenvalue weighted by molar-refractivity contribution is 6.36. The minimum atomic E-state index is -4.38. The van der Waals surface area contributed by atoms with Crippen LogP contribution in [0.5, 0.6) is 0 Å². The third-order valence-corrected chi connectivity index (χ3v) is 6.66. The molecule has 4 rings (SSSR count). The molecule has 7 heteroatoms. The van der Waals surface area contributed by atoms with Crippen LogP contribution in [-0.4, -0.2) is 41.0 Å². The zero-order valence-corrected chi connectivity index (χ0v) is 22.1. The summed E-state index contributed by atoms with van der Waals surface area (Å²) in [5, 5.41) is 1.34. The maximum absolute atomic E-state index is 13.0. The van der Waals surface area contributed by atoms with Crippen molar-refractivity contribution in [3.05, 3.63) is 83.0 Å². The van der Waals surface area contributed by atoms with Crippen molar-refractivity contribution in [1.29, 1.82) is 0 Å². The van der Waals surface area contributed by atoms with Gasteiger partial charge in [0.05, 0.1) is 21.8 Å². The summed E-state index contributed by atoms with van der Waals surface area (Å²) in [6.07, 6.45) is -3.13. The predicted octanol–water partition coefficient (Wildman–Crippen LogP) is 8.42. The number of fused-ring (bicyclic) bond motifs is 1. The molecule has 1 aliphatic rings. The minimum Gasteiger partial charge on any atom is -0.372 e. The summed E-state index contributed by atoms with van der Waals surface area (Å²) in [7, 11) is 0. The zero-order chi connectivity index (χ0) is 26.6. The normalized spacial score (nSPS) is 13.9. The summed E-state index contributed by atoms with van der Waals surface area (Å²) in [6, 6.07) is 10.9. The Balaban J connectivity index is 0.00000115. The first-order valence-corrected chi connectivity index (χ1v) is 12.5. The lowest BCUT2D eigenvalue weighted by Crippen LogP contribution is -2.44. The van der Waals surface area contributed by atoms with E-state index in [-0.39, 0.29) is 0 Å². The molecule has 0 amide bonds. The number of halogens is 4. The van der Waals surface area contributed by atoms with Gasteiger partial charge >= 0.3 is 6.18 Å². The lowest BCUT2D eigenvalue weighted by atomic mass is 10.0. The lowest BCUT2D eigenvalue weighted by Gasteiger charge is -2.38. The van der Waals surface area contributed by atoms with E-state index in [4.69, 9.17) is 16.6 Å². The molecular weight excluding hydrogens is 483 g/mol. The highest BCUT2D eigenvalue weighted by Gasteiger charge is 2.30. The Labute approximate surface area is 216 Å². The molecule has 0 N–H and O–H groups in total. The van der Waals surface area contributed by atoms with Gasteiger partial charge in [-0.2, -0.15) is 13.2 Å². The van der Waals surface area contributed by atoms with E-state index in [1.165, 1.54) is 18.6 Å². The Morgan fingerprint density at radius 2 is 1.53 bits per heavy atom. The molecule has 0 bridgehead atoms. The summed E-state index contributed by atoms with van der Waals surface area (Å²) in [5.41, 5.74) is 4.79. The van der Waals surface area contributed by atoms with Crippen LogP contribution < -0.4 is 0 Å². The monoisotopic (exact) mass is 515 g/mol. The number of hydrogen-bond donors (Lipinski definition) is 0. The molecule has 1 saturated heterocycles. The van der Waals surface area contributed by atoms with Crippen molar-refractivity contribution >= 4 is 28.2 Å².